The summed E-state index contributed by atoms with van der Waals surface area (Å²) in [5.74, 6) is -0.0660. The molecule has 9 heteroatoms. The molecule has 0 aliphatic carbocycles. The van der Waals surface area contributed by atoms with Gasteiger partial charge in [-0.05, 0) is 45.8 Å². The lowest BCUT2D eigenvalue weighted by Gasteiger charge is -2.26. The first-order chi connectivity index (χ1) is 9.21. The minimum Gasteiger partial charge on any atom is -0.229 e. The number of hydrogen-bond donors (Lipinski definition) is 0. The van der Waals surface area contributed by atoms with Crippen LogP contribution in [0.3, 0.4) is 0 Å². The number of rotatable bonds is 4. The van der Waals surface area contributed by atoms with Crippen LogP contribution < -0.4 is 0 Å². The zero-order valence-electron chi connectivity index (χ0n) is 11.0. The summed E-state index contributed by atoms with van der Waals surface area (Å²) < 4.78 is 49.9. The fraction of sp³-hybridized carbons (Fsp3) is 0.636. The molecule has 0 aromatic carbocycles. The smallest absolute Gasteiger partial charge is 0.217 e. The summed E-state index contributed by atoms with van der Waals surface area (Å²) in [6.07, 6.45) is 0.394. The lowest BCUT2D eigenvalue weighted by Crippen LogP contribution is -2.40. The second kappa shape index (κ2) is 6.04. The van der Waals surface area contributed by atoms with E-state index < -0.39 is 25.1 Å². The third-order valence-electron chi connectivity index (χ3n) is 3.38. The predicted molar refractivity (Wildman–Crippen MR) is 84.1 cm³/mol. The summed E-state index contributed by atoms with van der Waals surface area (Å²) in [4.78, 5) is 0. The fourth-order valence-corrected chi connectivity index (χ4v) is 6.86. The molecule has 0 radical (unpaired) electrons. The first kappa shape index (κ1) is 16.4. The topological polar surface area (TPSA) is 71.5 Å². The van der Waals surface area contributed by atoms with E-state index in [4.69, 9.17) is 0 Å². The maximum atomic E-state index is 12.4. The highest BCUT2D eigenvalue weighted by Crippen LogP contribution is 2.25. The van der Waals surface area contributed by atoms with Gasteiger partial charge < -0.3 is 0 Å². The molecule has 114 valence electrons. The van der Waals surface area contributed by atoms with Crippen molar-refractivity contribution in [3.8, 4) is 0 Å². The van der Waals surface area contributed by atoms with Crippen molar-refractivity contribution in [3.63, 3.8) is 0 Å². The first-order valence-electron chi connectivity index (χ1n) is 6.09. The molecule has 1 aromatic heterocycles. The molecule has 20 heavy (non-hydrogen) atoms. The average Bonchev–Trinajstić information content (AvgIpc) is 2.74. The molecule has 2 heterocycles. The molecule has 5 nitrogen and oxygen atoms in total. The normalized spacial score (nSPS) is 20.4. The second-order valence-corrected chi connectivity index (χ2v) is 11.8. The van der Waals surface area contributed by atoms with Crippen molar-refractivity contribution < 1.29 is 16.8 Å². The fourth-order valence-electron chi connectivity index (χ4n) is 2.20. The molecule has 1 aliphatic rings. The van der Waals surface area contributed by atoms with Gasteiger partial charge in [-0.25, -0.2) is 21.1 Å². The highest BCUT2D eigenvalue weighted by atomic mass is 79.9. The van der Waals surface area contributed by atoms with Crippen molar-refractivity contribution in [2.24, 2.45) is 0 Å². The highest BCUT2D eigenvalue weighted by Gasteiger charge is 2.35. The molecule has 0 atom stereocenters. The Balaban J connectivity index is 2.06. The standard InChI is InChI=1S/C11H16BrNO4S3/c1-13(7-9-6-11(12)18-8-9)20(16,17)10-2-4-19(14,15)5-3-10/h6,8,10H,2-5,7H2,1H3. The van der Waals surface area contributed by atoms with Gasteiger partial charge in [0.2, 0.25) is 10.0 Å². The van der Waals surface area contributed by atoms with Crippen LogP contribution in [0.2, 0.25) is 0 Å². The Morgan fingerprint density at radius 2 is 2.00 bits per heavy atom. The molecular formula is C11H16BrNO4S3. The van der Waals surface area contributed by atoms with E-state index >= 15 is 0 Å². The Morgan fingerprint density at radius 1 is 1.40 bits per heavy atom. The molecule has 1 fully saturated rings. The molecule has 2 rings (SSSR count). The van der Waals surface area contributed by atoms with Crippen molar-refractivity contribution in [2.45, 2.75) is 24.6 Å². The minimum atomic E-state index is -3.44. The van der Waals surface area contributed by atoms with E-state index in [2.05, 4.69) is 15.9 Å². The zero-order chi connectivity index (χ0) is 15.0. The number of hydrogen-bond acceptors (Lipinski definition) is 5. The lowest BCUT2D eigenvalue weighted by molar-refractivity contribution is 0.449. The van der Waals surface area contributed by atoms with E-state index in [0.717, 1.165) is 9.35 Å². The Kier molecular flexibility index (Phi) is 4.95. The summed E-state index contributed by atoms with van der Waals surface area (Å²) in [6.45, 7) is 0.313. The van der Waals surface area contributed by atoms with Crippen molar-refractivity contribution in [3.05, 3.63) is 20.8 Å². The number of sulfonamides is 1. The third kappa shape index (κ3) is 3.82. The van der Waals surface area contributed by atoms with Gasteiger partial charge in [-0.3, -0.25) is 0 Å². The van der Waals surface area contributed by atoms with Gasteiger partial charge in [0.15, 0.2) is 0 Å². The van der Waals surface area contributed by atoms with Crippen molar-refractivity contribution >= 4 is 47.1 Å². The van der Waals surface area contributed by atoms with Crippen LogP contribution in [0, 0.1) is 0 Å². The molecule has 0 N–H and O–H groups in total. The Hall–Kier alpha value is 0.0400. The van der Waals surface area contributed by atoms with E-state index in [1.807, 2.05) is 11.4 Å². The van der Waals surface area contributed by atoms with Crippen molar-refractivity contribution in [2.75, 3.05) is 18.6 Å². The van der Waals surface area contributed by atoms with Crippen LogP contribution in [0.15, 0.2) is 15.2 Å². The van der Waals surface area contributed by atoms with Gasteiger partial charge in [0.05, 0.1) is 20.5 Å². The van der Waals surface area contributed by atoms with Gasteiger partial charge >= 0.3 is 0 Å². The lowest BCUT2D eigenvalue weighted by atomic mass is 10.2. The van der Waals surface area contributed by atoms with E-state index in [1.54, 1.807) is 7.05 Å². The Labute approximate surface area is 132 Å². The summed E-state index contributed by atoms with van der Waals surface area (Å²) in [7, 11) is -4.94. The second-order valence-electron chi connectivity index (χ2n) is 4.91. The highest BCUT2D eigenvalue weighted by molar-refractivity contribution is 9.11. The van der Waals surface area contributed by atoms with Crippen molar-refractivity contribution in [1.29, 1.82) is 0 Å². The van der Waals surface area contributed by atoms with E-state index in [-0.39, 0.29) is 24.3 Å². The number of thiophene rings is 1. The number of nitrogens with zero attached hydrogens (tertiary/aromatic N) is 1. The van der Waals surface area contributed by atoms with Crippen molar-refractivity contribution in [1.82, 2.24) is 4.31 Å². The van der Waals surface area contributed by atoms with Crippen LogP contribution in [0.25, 0.3) is 0 Å². The number of halogens is 1. The molecule has 0 spiro atoms. The van der Waals surface area contributed by atoms with Crippen LogP contribution in [0.1, 0.15) is 18.4 Å². The maximum absolute atomic E-state index is 12.4. The molecule has 0 saturated carbocycles. The summed E-state index contributed by atoms with van der Waals surface area (Å²) >= 11 is 4.85. The Bertz CT molecular complexity index is 666. The maximum Gasteiger partial charge on any atom is 0.217 e. The van der Waals surface area contributed by atoms with Gasteiger partial charge in [0.1, 0.15) is 9.84 Å². The monoisotopic (exact) mass is 401 g/mol. The molecule has 0 bridgehead atoms. The molecule has 0 unspecified atom stereocenters. The van der Waals surface area contributed by atoms with Crippen LogP contribution in [0.5, 0.6) is 0 Å². The van der Waals surface area contributed by atoms with Gasteiger partial charge in [-0.1, -0.05) is 0 Å². The third-order valence-corrected chi connectivity index (χ3v) is 8.96. The van der Waals surface area contributed by atoms with E-state index in [1.165, 1.54) is 15.6 Å². The predicted octanol–water partition coefficient (Wildman–Crippen LogP) is 1.85. The van der Waals surface area contributed by atoms with Crippen LogP contribution >= 0.6 is 27.3 Å². The van der Waals surface area contributed by atoms with E-state index in [9.17, 15) is 16.8 Å². The molecule has 0 amide bonds. The molecular weight excluding hydrogens is 386 g/mol. The van der Waals surface area contributed by atoms with Gasteiger partial charge in [-0.15, -0.1) is 11.3 Å². The van der Waals surface area contributed by atoms with Gasteiger partial charge in [0.25, 0.3) is 0 Å². The number of sulfone groups is 1. The molecule has 1 aromatic rings. The minimum absolute atomic E-state index is 0.0330. The summed E-state index contributed by atoms with van der Waals surface area (Å²) in [5, 5.41) is 1.32. The summed E-state index contributed by atoms with van der Waals surface area (Å²) in [5.41, 5.74) is 0.927. The quantitative estimate of drug-likeness (QED) is 0.771. The SMILES string of the molecule is CN(Cc1csc(Br)c1)S(=O)(=O)C1CCS(=O)(=O)CC1. The van der Waals surface area contributed by atoms with E-state index in [0.29, 0.717) is 6.54 Å². The average molecular weight is 402 g/mol. The first-order valence-corrected chi connectivity index (χ1v) is 11.1. The Morgan fingerprint density at radius 3 is 2.50 bits per heavy atom. The van der Waals surface area contributed by atoms with Gasteiger partial charge in [0, 0.05) is 13.6 Å². The zero-order valence-corrected chi connectivity index (χ0v) is 15.0. The van der Waals surface area contributed by atoms with Gasteiger partial charge in [-0.2, -0.15) is 0 Å². The van der Waals surface area contributed by atoms with Crippen LogP contribution in [-0.2, 0) is 26.4 Å². The molecule has 1 saturated heterocycles. The summed E-state index contributed by atoms with van der Waals surface area (Å²) in [6, 6.07) is 1.89. The van der Waals surface area contributed by atoms with Crippen LogP contribution in [-0.4, -0.2) is 44.9 Å². The largest absolute Gasteiger partial charge is 0.229 e. The van der Waals surface area contributed by atoms with Crippen LogP contribution in [0.4, 0.5) is 0 Å². The molecule has 1 aliphatic heterocycles.